The number of hydrogen-bond acceptors (Lipinski definition) is 3. The van der Waals surface area contributed by atoms with E-state index in [0.717, 1.165) is 29.7 Å². The van der Waals surface area contributed by atoms with Gasteiger partial charge in [0.25, 0.3) is 0 Å². The van der Waals surface area contributed by atoms with E-state index >= 15 is 0 Å². The molecule has 1 N–H and O–H groups in total. The minimum atomic E-state index is -0.411. The van der Waals surface area contributed by atoms with E-state index < -0.39 is 6.09 Å². The van der Waals surface area contributed by atoms with Crippen LogP contribution < -0.4 is 10.1 Å². The smallest absolute Gasteiger partial charge is 0.407 e. The molecule has 4 aromatic rings. The Kier molecular flexibility index (Phi) is 5.94. The molecule has 0 saturated heterocycles. The van der Waals surface area contributed by atoms with Gasteiger partial charge in [0.1, 0.15) is 12.4 Å². The molecule has 1 atom stereocenters. The summed E-state index contributed by atoms with van der Waals surface area (Å²) in [4.78, 5) is 13.3. The molecule has 4 nitrogen and oxygen atoms in total. The third kappa shape index (κ3) is 4.03. The average Bonchev–Trinajstić information content (AvgIpc) is 3.15. The standard InChI is InChI=1S/C32H29NO3/c1-2-35-23-18-17-22-16-15-21-9-3-4-10-24(21)31(29(22)19-23)33-32(34)36-20-30-27-13-7-5-11-25(27)26-12-6-8-14-28(26)30/h3-14,17-19,30-31H,2,15-16,20H2,1H3,(H,33,34)/t31-/m0/s1. The molecule has 4 heteroatoms. The molecule has 0 unspecified atom stereocenters. The highest BCUT2D eigenvalue weighted by Gasteiger charge is 2.30. The van der Waals surface area contributed by atoms with Gasteiger partial charge in [-0.1, -0.05) is 78.9 Å². The van der Waals surface area contributed by atoms with Gasteiger partial charge in [-0.05, 0) is 76.4 Å². The van der Waals surface area contributed by atoms with Crippen LogP contribution in [0.5, 0.6) is 5.75 Å². The first-order valence-corrected chi connectivity index (χ1v) is 12.7. The van der Waals surface area contributed by atoms with Gasteiger partial charge in [0.15, 0.2) is 0 Å². The largest absolute Gasteiger partial charge is 0.494 e. The highest BCUT2D eigenvalue weighted by molar-refractivity contribution is 5.79. The van der Waals surface area contributed by atoms with Crippen molar-refractivity contribution in [3.8, 4) is 16.9 Å². The van der Waals surface area contributed by atoms with Gasteiger partial charge in [0, 0.05) is 5.92 Å². The van der Waals surface area contributed by atoms with Crippen molar-refractivity contribution in [2.24, 2.45) is 0 Å². The lowest BCUT2D eigenvalue weighted by Crippen LogP contribution is -2.31. The third-order valence-electron chi connectivity index (χ3n) is 7.37. The molecule has 2 aliphatic rings. The van der Waals surface area contributed by atoms with Crippen LogP contribution in [0.1, 0.15) is 52.3 Å². The van der Waals surface area contributed by atoms with Crippen LogP contribution in [-0.4, -0.2) is 19.3 Å². The van der Waals surface area contributed by atoms with Crippen LogP contribution in [0, 0.1) is 0 Å². The minimum absolute atomic E-state index is 0.0291. The van der Waals surface area contributed by atoms with E-state index in [2.05, 4.69) is 72.0 Å². The quantitative estimate of drug-likeness (QED) is 0.345. The topological polar surface area (TPSA) is 47.6 Å². The van der Waals surface area contributed by atoms with Gasteiger partial charge in [-0.25, -0.2) is 4.79 Å². The number of hydrogen-bond donors (Lipinski definition) is 1. The summed E-state index contributed by atoms with van der Waals surface area (Å²) >= 11 is 0. The lowest BCUT2D eigenvalue weighted by Gasteiger charge is -2.23. The molecule has 0 saturated carbocycles. The maximum atomic E-state index is 13.3. The van der Waals surface area contributed by atoms with E-state index in [1.54, 1.807) is 0 Å². The maximum Gasteiger partial charge on any atom is 0.407 e. The SMILES string of the molecule is CCOc1ccc2c(c1)[C@@H](NC(=O)OCC1c3ccccc3-c3ccccc31)c1ccccc1CC2. The Morgan fingerprint density at radius 2 is 1.39 bits per heavy atom. The summed E-state index contributed by atoms with van der Waals surface area (Å²) < 4.78 is 11.7. The van der Waals surface area contributed by atoms with Gasteiger partial charge in [0.2, 0.25) is 0 Å². The lowest BCUT2D eigenvalue weighted by atomic mass is 9.94. The lowest BCUT2D eigenvalue weighted by molar-refractivity contribution is 0.140. The van der Waals surface area contributed by atoms with E-state index in [1.807, 2.05) is 31.2 Å². The second kappa shape index (κ2) is 9.54. The molecular formula is C32H29NO3. The first-order chi connectivity index (χ1) is 17.7. The van der Waals surface area contributed by atoms with Crippen LogP contribution >= 0.6 is 0 Å². The van der Waals surface area contributed by atoms with E-state index in [4.69, 9.17) is 9.47 Å². The minimum Gasteiger partial charge on any atom is -0.494 e. The summed E-state index contributed by atoms with van der Waals surface area (Å²) in [6.45, 7) is 2.87. The predicted molar refractivity (Wildman–Crippen MR) is 142 cm³/mol. The monoisotopic (exact) mass is 475 g/mol. The molecule has 180 valence electrons. The number of rotatable bonds is 5. The number of benzene rings is 4. The molecule has 0 heterocycles. The van der Waals surface area contributed by atoms with Crippen molar-refractivity contribution >= 4 is 6.09 Å². The molecule has 0 radical (unpaired) electrons. The zero-order valence-electron chi connectivity index (χ0n) is 20.4. The van der Waals surface area contributed by atoms with Crippen LogP contribution in [0.15, 0.2) is 91.0 Å². The molecule has 36 heavy (non-hydrogen) atoms. The molecule has 0 spiro atoms. The molecule has 6 rings (SSSR count). The summed E-state index contributed by atoms with van der Waals surface area (Å²) in [5.74, 6) is 0.844. The van der Waals surface area contributed by atoms with Gasteiger partial charge in [-0.2, -0.15) is 0 Å². The van der Waals surface area contributed by atoms with Gasteiger partial charge in [-0.15, -0.1) is 0 Å². The highest BCUT2D eigenvalue weighted by Crippen LogP contribution is 2.44. The number of ether oxygens (including phenoxy) is 2. The number of aryl methyl sites for hydroxylation is 2. The third-order valence-corrected chi connectivity index (χ3v) is 7.37. The highest BCUT2D eigenvalue weighted by atomic mass is 16.5. The molecule has 0 aliphatic heterocycles. The van der Waals surface area contributed by atoms with Gasteiger partial charge < -0.3 is 14.8 Å². The van der Waals surface area contributed by atoms with E-state index in [0.29, 0.717) is 13.2 Å². The molecule has 4 aromatic carbocycles. The second-order valence-corrected chi connectivity index (χ2v) is 9.40. The molecule has 2 aliphatic carbocycles. The molecule has 0 bridgehead atoms. The summed E-state index contributed by atoms with van der Waals surface area (Å²) in [7, 11) is 0. The fraction of sp³-hybridized carbons (Fsp3) is 0.219. The molecule has 1 amide bonds. The van der Waals surface area contributed by atoms with Crippen molar-refractivity contribution in [1.29, 1.82) is 0 Å². The number of carbonyl (C=O) groups is 1. The van der Waals surface area contributed by atoms with Crippen LogP contribution in [0.25, 0.3) is 11.1 Å². The van der Waals surface area contributed by atoms with Crippen molar-refractivity contribution in [2.75, 3.05) is 13.2 Å². The summed E-state index contributed by atoms with van der Waals surface area (Å²) in [5, 5.41) is 3.20. The number of carbonyl (C=O) groups excluding carboxylic acids is 1. The van der Waals surface area contributed by atoms with Gasteiger partial charge in [0.05, 0.1) is 12.6 Å². The summed E-state index contributed by atoms with van der Waals surface area (Å²) in [6, 6.07) is 31.0. The van der Waals surface area contributed by atoms with Crippen LogP contribution in [0.3, 0.4) is 0 Å². The molecule has 0 fully saturated rings. The van der Waals surface area contributed by atoms with E-state index in [9.17, 15) is 4.79 Å². The zero-order valence-corrected chi connectivity index (χ0v) is 20.4. The zero-order chi connectivity index (χ0) is 24.5. The van der Waals surface area contributed by atoms with Crippen molar-refractivity contribution in [2.45, 2.75) is 31.7 Å². The Morgan fingerprint density at radius 1 is 0.778 bits per heavy atom. The van der Waals surface area contributed by atoms with Gasteiger partial charge >= 0.3 is 6.09 Å². The van der Waals surface area contributed by atoms with Crippen LogP contribution in [0.2, 0.25) is 0 Å². The number of nitrogens with one attached hydrogen (secondary N) is 1. The van der Waals surface area contributed by atoms with Gasteiger partial charge in [-0.3, -0.25) is 0 Å². The van der Waals surface area contributed by atoms with E-state index in [-0.39, 0.29) is 12.0 Å². The van der Waals surface area contributed by atoms with Crippen molar-refractivity contribution < 1.29 is 14.3 Å². The fourth-order valence-corrected chi connectivity index (χ4v) is 5.72. The maximum absolute atomic E-state index is 13.3. The summed E-state index contributed by atoms with van der Waals surface area (Å²) in [6.07, 6.45) is 1.44. The Morgan fingerprint density at radius 3 is 2.08 bits per heavy atom. The number of fused-ring (bicyclic) bond motifs is 5. The Labute approximate surface area is 211 Å². The second-order valence-electron chi connectivity index (χ2n) is 9.40. The Hall–Kier alpha value is -4.05. The van der Waals surface area contributed by atoms with Crippen LogP contribution in [0.4, 0.5) is 4.79 Å². The predicted octanol–water partition coefficient (Wildman–Crippen LogP) is 6.81. The Bertz CT molecular complexity index is 1380. The normalized spacial score (nSPS) is 15.6. The van der Waals surface area contributed by atoms with Crippen molar-refractivity contribution in [3.63, 3.8) is 0 Å². The average molecular weight is 476 g/mol. The first kappa shape index (κ1) is 22.4. The number of alkyl carbamates (subject to hydrolysis) is 1. The van der Waals surface area contributed by atoms with Crippen LogP contribution in [-0.2, 0) is 17.6 Å². The summed E-state index contributed by atoms with van der Waals surface area (Å²) in [5.41, 5.74) is 9.50. The first-order valence-electron chi connectivity index (χ1n) is 12.7. The molecular weight excluding hydrogens is 446 g/mol. The number of amides is 1. The van der Waals surface area contributed by atoms with Crippen molar-refractivity contribution in [1.82, 2.24) is 5.32 Å². The fourth-order valence-electron chi connectivity index (χ4n) is 5.72. The molecule has 0 aromatic heterocycles. The van der Waals surface area contributed by atoms with Crippen molar-refractivity contribution in [3.05, 3.63) is 124 Å². The Balaban J connectivity index is 1.27. The van der Waals surface area contributed by atoms with E-state index in [1.165, 1.54) is 33.4 Å².